The first-order chi connectivity index (χ1) is 5.99. The van der Waals surface area contributed by atoms with Gasteiger partial charge in [0.1, 0.15) is 0 Å². The third kappa shape index (κ3) is 2.19. The Hall–Kier alpha value is -0.180. The summed E-state index contributed by atoms with van der Waals surface area (Å²) in [6, 6.07) is 0. The SMILES string of the molecule is CSC(C)C(=O)N1CCCC1(C)C. The first-order valence-corrected chi connectivity index (χ1v) is 6.12. The van der Waals surface area contributed by atoms with Crippen LogP contribution in [0.25, 0.3) is 0 Å². The molecule has 0 spiro atoms. The third-order valence-electron chi connectivity index (χ3n) is 2.87. The average molecular weight is 201 g/mol. The van der Waals surface area contributed by atoms with Crippen LogP contribution in [0.2, 0.25) is 0 Å². The number of amides is 1. The number of carbonyl (C=O) groups excluding carboxylic acids is 1. The standard InChI is InChI=1S/C10H19NOS/c1-8(13-4)9(12)11-7-5-6-10(11,2)3/h8H,5-7H2,1-4H3. The Morgan fingerprint density at radius 2 is 2.15 bits per heavy atom. The van der Waals surface area contributed by atoms with Crippen LogP contribution in [-0.4, -0.2) is 34.4 Å². The summed E-state index contributed by atoms with van der Waals surface area (Å²) in [4.78, 5) is 13.9. The van der Waals surface area contributed by atoms with Gasteiger partial charge in [-0.25, -0.2) is 0 Å². The lowest BCUT2D eigenvalue weighted by atomic mass is 10.0. The van der Waals surface area contributed by atoms with Crippen molar-refractivity contribution in [3.8, 4) is 0 Å². The maximum absolute atomic E-state index is 11.9. The van der Waals surface area contributed by atoms with Gasteiger partial charge in [-0.1, -0.05) is 0 Å². The monoisotopic (exact) mass is 201 g/mol. The van der Waals surface area contributed by atoms with E-state index in [-0.39, 0.29) is 10.8 Å². The number of thioether (sulfide) groups is 1. The van der Waals surface area contributed by atoms with Gasteiger partial charge in [0.25, 0.3) is 0 Å². The van der Waals surface area contributed by atoms with E-state index in [1.54, 1.807) is 11.8 Å². The summed E-state index contributed by atoms with van der Waals surface area (Å²) >= 11 is 1.63. The molecule has 1 aliphatic rings. The summed E-state index contributed by atoms with van der Waals surface area (Å²) < 4.78 is 0. The predicted octanol–water partition coefficient (Wildman–Crippen LogP) is 2.14. The summed E-state index contributed by atoms with van der Waals surface area (Å²) in [6.07, 6.45) is 4.28. The molecule has 1 amide bonds. The molecular weight excluding hydrogens is 182 g/mol. The molecule has 1 fully saturated rings. The molecule has 0 saturated carbocycles. The summed E-state index contributed by atoms with van der Waals surface area (Å²) in [5, 5.41) is 0.109. The zero-order valence-corrected chi connectivity index (χ0v) is 9.78. The number of carbonyl (C=O) groups is 1. The minimum Gasteiger partial charge on any atom is -0.337 e. The molecule has 0 aromatic heterocycles. The van der Waals surface area contributed by atoms with Gasteiger partial charge >= 0.3 is 0 Å². The molecule has 2 nitrogen and oxygen atoms in total. The van der Waals surface area contributed by atoms with E-state index in [4.69, 9.17) is 0 Å². The lowest BCUT2D eigenvalue weighted by molar-refractivity contribution is -0.133. The third-order valence-corrected chi connectivity index (χ3v) is 3.78. The van der Waals surface area contributed by atoms with Crippen molar-refractivity contribution in [3.05, 3.63) is 0 Å². The first kappa shape index (κ1) is 10.9. The van der Waals surface area contributed by atoms with Crippen LogP contribution in [0.5, 0.6) is 0 Å². The molecule has 1 heterocycles. The Morgan fingerprint density at radius 3 is 2.54 bits per heavy atom. The normalized spacial score (nSPS) is 23.2. The number of nitrogens with zero attached hydrogens (tertiary/aromatic N) is 1. The molecule has 13 heavy (non-hydrogen) atoms. The molecule has 76 valence electrons. The average Bonchev–Trinajstić information content (AvgIpc) is 2.42. The van der Waals surface area contributed by atoms with Crippen LogP contribution in [0.15, 0.2) is 0 Å². The van der Waals surface area contributed by atoms with Crippen LogP contribution < -0.4 is 0 Å². The lowest BCUT2D eigenvalue weighted by Gasteiger charge is -2.33. The van der Waals surface area contributed by atoms with Gasteiger partial charge in [0.15, 0.2) is 0 Å². The van der Waals surface area contributed by atoms with E-state index in [9.17, 15) is 4.79 Å². The number of hydrogen-bond acceptors (Lipinski definition) is 2. The van der Waals surface area contributed by atoms with E-state index in [2.05, 4.69) is 13.8 Å². The van der Waals surface area contributed by atoms with Gasteiger partial charge in [0.2, 0.25) is 5.91 Å². The van der Waals surface area contributed by atoms with Crippen molar-refractivity contribution in [2.24, 2.45) is 0 Å². The fourth-order valence-electron chi connectivity index (χ4n) is 1.84. The minimum atomic E-state index is 0.0844. The smallest absolute Gasteiger partial charge is 0.235 e. The quantitative estimate of drug-likeness (QED) is 0.682. The van der Waals surface area contributed by atoms with E-state index < -0.39 is 0 Å². The largest absolute Gasteiger partial charge is 0.337 e. The van der Waals surface area contributed by atoms with Gasteiger partial charge in [0.05, 0.1) is 5.25 Å². The molecule has 0 radical (unpaired) electrons. The maximum atomic E-state index is 11.9. The Bertz CT molecular complexity index is 203. The van der Waals surface area contributed by atoms with Crippen molar-refractivity contribution in [3.63, 3.8) is 0 Å². The van der Waals surface area contributed by atoms with Gasteiger partial charge in [0, 0.05) is 12.1 Å². The van der Waals surface area contributed by atoms with E-state index >= 15 is 0 Å². The predicted molar refractivity (Wildman–Crippen MR) is 58.0 cm³/mol. The highest BCUT2D eigenvalue weighted by atomic mass is 32.2. The van der Waals surface area contributed by atoms with E-state index in [1.165, 1.54) is 0 Å². The van der Waals surface area contributed by atoms with Crippen molar-refractivity contribution in [1.82, 2.24) is 4.90 Å². The molecule has 1 rings (SSSR count). The molecule has 1 aliphatic heterocycles. The summed E-state index contributed by atoms with van der Waals surface area (Å²) in [6.45, 7) is 7.24. The van der Waals surface area contributed by atoms with Crippen molar-refractivity contribution >= 4 is 17.7 Å². The van der Waals surface area contributed by atoms with Gasteiger partial charge in [-0.15, -0.1) is 0 Å². The summed E-state index contributed by atoms with van der Waals surface area (Å²) in [7, 11) is 0. The first-order valence-electron chi connectivity index (χ1n) is 4.83. The van der Waals surface area contributed by atoms with Crippen LogP contribution in [0, 0.1) is 0 Å². The van der Waals surface area contributed by atoms with E-state index in [0.29, 0.717) is 5.91 Å². The van der Waals surface area contributed by atoms with Crippen molar-refractivity contribution in [2.45, 2.75) is 44.4 Å². The summed E-state index contributed by atoms with van der Waals surface area (Å²) in [5.74, 6) is 0.301. The molecule has 1 atom stereocenters. The van der Waals surface area contributed by atoms with Crippen LogP contribution in [0.4, 0.5) is 0 Å². The topological polar surface area (TPSA) is 20.3 Å². The van der Waals surface area contributed by atoms with Crippen LogP contribution in [0.3, 0.4) is 0 Å². The summed E-state index contributed by atoms with van der Waals surface area (Å²) in [5.41, 5.74) is 0.0844. The van der Waals surface area contributed by atoms with E-state index in [0.717, 1.165) is 19.4 Å². The van der Waals surface area contributed by atoms with Crippen molar-refractivity contribution in [2.75, 3.05) is 12.8 Å². The van der Waals surface area contributed by atoms with Crippen molar-refractivity contribution < 1.29 is 4.79 Å². The van der Waals surface area contributed by atoms with Crippen LogP contribution in [0.1, 0.15) is 33.6 Å². The zero-order chi connectivity index (χ0) is 10.1. The molecule has 0 aromatic rings. The fourth-order valence-corrected chi connectivity index (χ4v) is 2.17. The highest BCUT2D eigenvalue weighted by Gasteiger charge is 2.36. The highest BCUT2D eigenvalue weighted by molar-refractivity contribution is 7.99. The molecule has 3 heteroatoms. The highest BCUT2D eigenvalue weighted by Crippen LogP contribution is 2.29. The Balaban J connectivity index is 2.66. The Labute approximate surface area is 85.1 Å². The van der Waals surface area contributed by atoms with Gasteiger partial charge in [-0.3, -0.25) is 4.79 Å². The Morgan fingerprint density at radius 1 is 1.54 bits per heavy atom. The number of likely N-dealkylation sites (tertiary alicyclic amines) is 1. The molecule has 1 unspecified atom stereocenters. The number of rotatable bonds is 2. The lowest BCUT2D eigenvalue weighted by Crippen LogP contribution is -2.45. The molecular formula is C10H19NOS. The molecule has 1 saturated heterocycles. The maximum Gasteiger partial charge on any atom is 0.235 e. The Kier molecular flexibility index (Phi) is 3.28. The molecule has 0 N–H and O–H groups in total. The van der Waals surface area contributed by atoms with Gasteiger partial charge in [-0.2, -0.15) is 11.8 Å². The second kappa shape index (κ2) is 3.91. The van der Waals surface area contributed by atoms with Crippen LogP contribution in [-0.2, 0) is 4.79 Å². The number of hydrogen-bond donors (Lipinski definition) is 0. The molecule has 0 bridgehead atoms. The second-order valence-corrected chi connectivity index (χ2v) is 5.46. The molecule has 0 aromatic carbocycles. The van der Waals surface area contributed by atoms with Gasteiger partial charge < -0.3 is 4.90 Å². The van der Waals surface area contributed by atoms with Crippen molar-refractivity contribution in [1.29, 1.82) is 0 Å². The minimum absolute atomic E-state index is 0.0844. The second-order valence-electron chi connectivity index (χ2n) is 4.28. The van der Waals surface area contributed by atoms with Crippen LogP contribution >= 0.6 is 11.8 Å². The molecule has 0 aliphatic carbocycles. The van der Waals surface area contributed by atoms with Gasteiger partial charge in [-0.05, 0) is 39.9 Å². The zero-order valence-electron chi connectivity index (χ0n) is 8.96. The fraction of sp³-hybridized carbons (Fsp3) is 0.900. The van der Waals surface area contributed by atoms with E-state index in [1.807, 2.05) is 18.1 Å².